The predicted octanol–water partition coefficient (Wildman–Crippen LogP) is 3.15. The van der Waals surface area contributed by atoms with Crippen LogP contribution in [0.4, 0.5) is 0 Å². The van der Waals surface area contributed by atoms with E-state index >= 15 is 0 Å². The fraction of sp³-hybridized carbons (Fsp3) is 0.435. The SMILES string of the molecule is C=C(C)C(=O)OCCOCCOCCOc1ccc2c(OCC3CO3)cccc2c1. The predicted molar refractivity (Wildman–Crippen MR) is 112 cm³/mol. The normalized spacial score (nSPS) is 15.0. The van der Waals surface area contributed by atoms with Crippen LogP contribution >= 0.6 is 0 Å². The molecule has 0 saturated carbocycles. The van der Waals surface area contributed by atoms with Gasteiger partial charge in [-0.15, -0.1) is 0 Å². The highest BCUT2D eigenvalue weighted by Crippen LogP contribution is 2.29. The van der Waals surface area contributed by atoms with Crippen molar-refractivity contribution < 1.29 is 33.2 Å². The number of hydrogen-bond donors (Lipinski definition) is 0. The summed E-state index contributed by atoms with van der Waals surface area (Å²) in [4.78, 5) is 11.2. The van der Waals surface area contributed by atoms with E-state index < -0.39 is 5.97 Å². The van der Waals surface area contributed by atoms with Gasteiger partial charge in [-0.1, -0.05) is 18.7 Å². The zero-order chi connectivity index (χ0) is 21.2. The van der Waals surface area contributed by atoms with Gasteiger partial charge in [0.25, 0.3) is 0 Å². The average Bonchev–Trinajstić information content (AvgIpc) is 3.57. The lowest BCUT2D eigenvalue weighted by Crippen LogP contribution is -2.14. The van der Waals surface area contributed by atoms with Gasteiger partial charge in [0.15, 0.2) is 0 Å². The Morgan fingerprint density at radius 2 is 1.77 bits per heavy atom. The molecule has 7 nitrogen and oxygen atoms in total. The lowest BCUT2D eigenvalue weighted by atomic mass is 10.1. The molecule has 1 fully saturated rings. The summed E-state index contributed by atoms with van der Waals surface area (Å²) < 4.78 is 32.5. The summed E-state index contributed by atoms with van der Waals surface area (Å²) in [6.07, 6.45) is 0.229. The van der Waals surface area contributed by atoms with E-state index in [-0.39, 0.29) is 12.7 Å². The highest BCUT2D eigenvalue weighted by Gasteiger charge is 2.23. The summed E-state index contributed by atoms with van der Waals surface area (Å²) in [6, 6.07) is 11.9. The van der Waals surface area contributed by atoms with Crippen LogP contribution in [0, 0.1) is 0 Å². The smallest absolute Gasteiger partial charge is 0.333 e. The Morgan fingerprint density at radius 3 is 2.50 bits per heavy atom. The van der Waals surface area contributed by atoms with Crippen LogP contribution in [0.25, 0.3) is 10.8 Å². The Labute approximate surface area is 176 Å². The Balaban J connectivity index is 1.28. The molecule has 7 heteroatoms. The van der Waals surface area contributed by atoms with E-state index in [2.05, 4.69) is 6.58 Å². The molecule has 2 aromatic rings. The average molecular weight is 416 g/mol. The van der Waals surface area contributed by atoms with Crippen molar-refractivity contribution in [1.29, 1.82) is 0 Å². The summed E-state index contributed by atoms with van der Waals surface area (Å²) in [5.41, 5.74) is 0.377. The monoisotopic (exact) mass is 416 g/mol. The van der Waals surface area contributed by atoms with Gasteiger partial charge in [-0.2, -0.15) is 0 Å². The molecule has 1 atom stereocenters. The van der Waals surface area contributed by atoms with Gasteiger partial charge in [-0.3, -0.25) is 0 Å². The summed E-state index contributed by atoms with van der Waals surface area (Å²) in [5.74, 6) is 1.23. The number of rotatable bonds is 14. The highest BCUT2D eigenvalue weighted by atomic mass is 16.6. The molecular weight excluding hydrogens is 388 g/mol. The summed E-state index contributed by atoms with van der Waals surface area (Å²) in [6.45, 7) is 8.78. The summed E-state index contributed by atoms with van der Waals surface area (Å²) in [7, 11) is 0. The van der Waals surface area contributed by atoms with E-state index in [4.69, 9.17) is 28.4 Å². The number of hydrogen-bond acceptors (Lipinski definition) is 7. The molecule has 1 aliphatic heterocycles. The van der Waals surface area contributed by atoms with E-state index in [0.29, 0.717) is 45.2 Å². The maximum Gasteiger partial charge on any atom is 0.333 e. The zero-order valence-corrected chi connectivity index (χ0v) is 17.3. The van der Waals surface area contributed by atoms with Crippen molar-refractivity contribution in [2.75, 3.05) is 52.9 Å². The standard InChI is InChI=1S/C23H28O7/c1-17(2)23(24)28-13-11-26-9-8-25-10-12-27-19-6-7-21-18(14-19)4-3-5-22(21)30-16-20-15-29-20/h3-7,14,20H,1,8-13,15-16H2,2H3. The first-order chi connectivity index (χ1) is 14.6. The number of epoxide rings is 1. The first kappa shape index (κ1) is 22.1. The lowest BCUT2D eigenvalue weighted by molar-refractivity contribution is -0.140. The lowest BCUT2D eigenvalue weighted by Gasteiger charge is -2.11. The Bertz CT molecular complexity index is 845. The van der Waals surface area contributed by atoms with Crippen LogP contribution in [0.15, 0.2) is 48.6 Å². The zero-order valence-electron chi connectivity index (χ0n) is 17.3. The number of fused-ring (bicyclic) bond motifs is 1. The number of benzene rings is 2. The molecule has 1 unspecified atom stereocenters. The second-order valence-corrected chi connectivity index (χ2v) is 6.89. The van der Waals surface area contributed by atoms with Crippen molar-refractivity contribution in [3.63, 3.8) is 0 Å². The van der Waals surface area contributed by atoms with Crippen LogP contribution in [-0.2, 0) is 23.7 Å². The van der Waals surface area contributed by atoms with E-state index in [1.54, 1.807) is 6.92 Å². The van der Waals surface area contributed by atoms with Crippen molar-refractivity contribution in [2.24, 2.45) is 0 Å². The fourth-order valence-electron chi connectivity index (χ4n) is 2.65. The topological polar surface area (TPSA) is 75.8 Å². The Hall–Kier alpha value is -2.61. The third-order valence-electron chi connectivity index (χ3n) is 4.32. The number of carbonyl (C=O) groups excluding carboxylic acids is 1. The molecule has 1 saturated heterocycles. The van der Waals surface area contributed by atoms with Gasteiger partial charge in [0, 0.05) is 11.0 Å². The number of esters is 1. The van der Waals surface area contributed by atoms with E-state index in [1.807, 2.05) is 36.4 Å². The van der Waals surface area contributed by atoms with Gasteiger partial charge in [-0.25, -0.2) is 4.79 Å². The molecular formula is C23H28O7. The molecule has 0 aliphatic carbocycles. The minimum absolute atomic E-state index is 0.206. The van der Waals surface area contributed by atoms with Gasteiger partial charge in [-0.05, 0) is 36.6 Å². The van der Waals surface area contributed by atoms with Crippen LogP contribution in [0.2, 0.25) is 0 Å². The Kier molecular flexibility index (Phi) is 8.50. The van der Waals surface area contributed by atoms with Crippen LogP contribution in [-0.4, -0.2) is 64.9 Å². The van der Waals surface area contributed by atoms with Crippen LogP contribution < -0.4 is 9.47 Å². The third-order valence-corrected chi connectivity index (χ3v) is 4.32. The molecule has 0 aromatic heterocycles. The summed E-state index contributed by atoms with van der Waals surface area (Å²) >= 11 is 0. The second kappa shape index (κ2) is 11.5. The first-order valence-electron chi connectivity index (χ1n) is 10.0. The van der Waals surface area contributed by atoms with Gasteiger partial charge in [0.1, 0.15) is 37.4 Å². The largest absolute Gasteiger partial charge is 0.491 e. The van der Waals surface area contributed by atoms with E-state index in [0.717, 1.165) is 28.9 Å². The van der Waals surface area contributed by atoms with Gasteiger partial charge in [0.05, 0.1) is 33.0 Å². The number of ether oxygens (including phenoxy) is 6. The highest BCUT2D eigenvalue weighted by molar-refractivity contribution is 5.89. The third kappa shape index (κ3) is 7.33. The minimum atomic E-state index is -0.405. The van der Waals surface area contributed by atoms with Crippen LogP contribution in [0.3, 0.4) is 0 Å². The van der Waals surface area contributed by atoms with E-state index in [9.17, 15) is 4.79 Å². The molecule has 0 bridgehead atoms. The van der Waals surface area contributed by atoms with Crippen LogP contribution in [0.1, 0.15) is 6.92 Å². The van der Waals surface area contributed by atoms with E-state index in [1.165, 1.54) is 0 Å². The molecule has 2 aromatic carbocycles. The Morgan fingerprint density at radius 1 is 1.03 bits per heavy atom. The maximum atomic E-state index is 11.2. The molecule has 0 amide bonds. The molecule has 30 heavy (non-hydrogen) atoms. The molecule has 1 heterocycles. The molecule has 3 rings (SSSR count). The molecule has 0 spiro atoms. The molecule has 162 valence electrons. The maximum absolute atomic E-state index is 11.2. The number of carbonyl (C=O) groups is 1. The molecule has 1 aliphatic rings. The van der Waals surface area contributed by atoms with Crippen molar-refractivity contribution in [1.82, 2.24) is 0 Å². The quantitative estimate of drug-likeness (QED) is 0.203. The first-order valence-corrected chi connectivity index (χ1v) is 10.0. The van der Waals surface area contributed by atoms with Gasteiger partial charge in [0.2, 0.25) is 0 Å². The molecule has 0 radical (unpaired) electrons. The molecule has 0 N–H and O–H groups in total. The summed E-state index contributed by atoms with van der Waals surface area (Å²) in [5, 5.41) is 2.11. The van der Waals surface area contributed by atoms with Gasteiger partial charge >= 0.3 is 5.97 Å². The minimum Gasteiger partial charge on any atom is -0.491 e. The fourth-order valence-corrected chi connectivity index (χ4v) is 2.65. The van der Waals surface area contributed by atoms with Crippen molar-refractivity contribution in [3.05, 3.63) is 48.6 Å². The second-order valence-electron chi connectivity index (χ2n) is 6.89. The van der Waals surface area contributed by atoms with Crippen LogP contribution in [0.5, 0.6) is 11.5 Å². The van der Waals surface area contributed by atoms with Gasteiger partial charge < -0.3 is 28.4 Å². The van der Waals surface area contributed by atoms with Crippen molar-refractivity contribution in [3.8, 4) is 11.5 Å². The van der Waals surface area contributed by atoms with Crippen molar-refractivity contribution >= 4 is 16.7 Å². The van der Waals surface area contributed by atoms with Crippen molar-refractivity contribution in [2.45, 2.75) is 13.0 Å².